The SMILES string of the molecule is COc1ccc(/C=C2/OC(=S)N(C(C)=O)C2=O)cc1. The van der Waals surface area contributed by atoms with E-state index in [4.69, 9.17) is 21.7 Å². The van der Waals surface area contributed by atoms with Crippen molar-refractivity contribution in [3.05, 3.63) is 35.6 Å². The minimum absolute atomic E-state index is 0.0327. The fourth-order valence-corrected chi connectivity index (χ4v) is 1.89. The molecule has 1 aliphatic rings. The molecular formula is C13H11NO4S. The van der Waals surface area contributed by atoms with E-state index in [2.05, 4.69) is 0 Å². The summed E-state index contributed by atoms with van der Waals surface area (Å²) in [6, 6.07) is 7.05. The quantitative estimate of drug-likeness (QED) is 0.608. The number of rotatable bonds is 2. The Morgan fingerprint density at radius 2 is 2.00 bits per heavy atom. The molecule has 0 radical (unpaired) electrons. The summed E-state index contributed by atoms with van der Waals surface area (Å²) in [5, 5.41) is -0.141. The number of nitrogens with zero attached hydrogens (tertiary/aromatic N) is 1. The Morgan fingerprint density at radius 3 is 2.47 bits per heavy atom. The third-order valence-electron chi connectivity index (χ3n) is 2.52. The Labute approximate surface area is 115 Å². The van der Waals surface area contributed by atoms with E-state index in [1.54, 1.807) is 31.4 Å². The molecule has 0 aliphatic carbocycles. The summed E-state index contributed by atoms with van der Waals surface area (Å²) in [5.74, 6) is -0.270. The molecule has 0 spiro atoms. The van der Waals surface area contributed by atoms with Gasteiger partial charge in [0.15, 0.2) is 5.76 Å². The highest BCUT2D eigenvalue weighted by atomic mass is 32.1. The fourth-order valence-electron chi connectivity index (χ4n) is 1.59. The molecule has 0 unspecified atom stereocenters. The zero-order valence-electron chi connectivity index (χ0n) is 10.4. The Hall–Kier alpha value is -2.21. The molecular weight excluding hydrogens is 266 g/mol. The predicted molar refractivity (Wildman–Crippen MR) is 72.2 cm³/mol. The van der Waals surface area contributed by atoms with Gasteiger partial charge < -0.3 is 9.47 Å². The lowest BCUT2D eigenvalue weighted by Gasteiger charge is -2.04. The standard InChI is InChI=1S/C13H11NO4S/c1-8(15)14-12(16)11(18-13(14)19)7-9-3-5-10(17-2)6-4-9/h3-7H,1-2H3/b11-7+. The normalized spacial score (nSPS) is 16.7. The fraction of sp³-hybridized carbons (Fsp3) is 0.154. The van der Waals surface area contributed by atoms with Crippen molar-refractivity contribution >= 4 is 35.3 Å². The van der Waals surface area contributed by atoms with E-state index < -0.39 is 11.8 Å². The maximum absolute atomic E-state index is 11.9. The van der Waals surface area contributed by atoms with Gasteiger partial charge in [-0.3, -0.25) is 9.59 Å². The highest BCUT2D eigenvalue weighted by molar-refractivity contribution is 7.80. The molecule has 0 N–H and O–H groups in total. The Balaban J connectivity index is 2.27. The summed E-state index contributed by atoms with van der Waals surface area (Å²) in [4.78, 5) is 24.0. The van der Waals surface area contributed by atoms with Gasteiger partial charge in [0.05, 0.1) is 7.11 Å². The number of thiocarbonyl (C=S) groups is 1. The number of carbonyl (C=O) groups is 2. The molecule has 5 nitrogen and oxygen atoms in total. The van der Waals surface area contributed by atoms with E-state index in [-0.39, 0.29) is 10.9 Å². The number of ether oxygens (including phenoxy) is 2. The van der Waals surface area contributed by atoms with Crippen LogP contribution in [-0.2, 0) is 14.3 Å². The van der Waals surface area contributed by atoms with Crippen molar-refractivity contribution in [1.29, 1.82) is 0 Å². The van der Waals surface area contributed by atoms with Crippen molar-refractivity contribution in [2.45, 2.75) is 6.92 Å². The Bertz CT molecular complexity index is 577. The number of carbonyl (C=O) groups excluding carboxylic acids is 2. The lowest BCUT2D eigenvalue weighted by molar-refractivity contribution is -0.135. The summed E-state index contributed by atoms with van der Waals surface area (Å²) in [6.45, 7) is 1.25. The van der Waals surface area contributed by atoms with Crippen LogP contribution in [0.3, 0.4) is 0 Å². The lowest BCUT2D eigenvalue weighted by atomic mass is 10.2. The molecule has 6 heteroatoms. The van der Waals surface area contributed by atoms with Crippen LogP contribution in [0.25, 0.3) is 6.08 Å². The molecule has 1 aromatic rings. The number of hydrogen-bond acceptors (Lipinski definition) is 5. The van der Waals surface area contributed by atoms with Gasteiger partial charge in [0, 0.05) is 6.92 Å². The first kappa shape index (κ1) is 13.2. The molecule has 0 bridgehead atoms. The molecule has 0 aromatic heterocycles. The van der Waals surface area contributed by atoms with Crippen LogP contribution in [0.5, 0.6) is 5.75 Å². The maximum atomic E-state index is 11.9. The first-order valence-corrected chi connectivity index (χ1v) is 5.86. The van der Waals surface area contributed by atoms with E-state index in [1.807, 2.05) is 0 Å². The van der Waals surface area contributed by atoms with Gasteiger partial charge in [-0.25, -0.2) is 4.90 Å². The summed E-state index contributed by atoms with van der Waals surface area (Å²) in [6.07, 6.45) is 1.52. The van der Waals surface area contributed by atoms with Crippen molar-refractivity contribution in [3.8, 4) is 5.75 Å². The van der Waals surface area contributed by atoms with Crippen LogP contribution in [0.15, 0.2) is 30.0 Å². The second-order valence-electron chi connectivity index (χ2n) is 3.81. The summed E-state index contributed by atoms with van der Waals surface area (Å²) >= 11 is 4.83. The third kappa shape index (κ3) is 2.63. The first-order valence-electron chi connectivity index (χ1n) is 5.45. The van der Waals surface area contributed by atoms with E-state index in [1.165, 1.54) is 13.0 Å². The zero-order valence-corrected chi connectivity index (χ0v) is 11.2. The summed E-state index contributed by atoms with van der Waals surface area (Å²) in [7, 11) is 1.57. The van der Waals surface area contributed by atoms with Crippen molar-refractivity contribution in [1.82, 2.24) is 4.90 Å². The second-order valence-corrected chi connectivity index (χ2v) is 4.16. The topological polar surface area (TPSA) is 55.8 Å². The highest BCUT2D eigenvalue weighted by Crippen LogP contribution is 2.21. The number of hydrogen-bond donors (Lipinski definition) is 0. The van der Waals surface area contributed by atoms with Gasteiger partial charge in [-0.05, 0) is 36.0 Å². The predicted octanol–water partition coefficient (Wildman–Crippen LogP) is 1.73. The molecule has 1 heterocycles. The second kappa shape index (κ2) is 5.19. The number of methoxy groups -OCH3 is 1. The van der Waals surface area contributed by atoms with Gasteiger partial charge in [-0.1, -0.05) is 12.1 Å². The number of benzene rings is 1. The van der Waals surface area contributed by atoms with Crippen molar-refractivity contribution in [2.75, 3.05) is 7.11 Å². The van der Waals surface area contributed by atoms with Crippen LogP contribution in [0.2, 0.25) is 0 Å². The van der Waals surface area contributed by atoms with E-state index in [0.717, 1.165) is 10.5 Å². The van der Waals surface area contributed by atoms with E-state index >= 15 is 0 Å². The molecule has 1 aliphatic heterocycles. The minimum atomic E-state index is -0.548. The molecule has 0 saturated carbocycles. The van der Waals surface area contributed by atoms with Gasteiger partial charge in [0.2, 0.25) is 5.91 Å². The first-order chi connectivity index (χ1) is 9.02. The van der Waals surface area contributed by atoms with Crippen LogP contribution in [-0.4, -0.2) is 29.0 Å². The van der Waals surface area contributed by atoms with Crippen molar-refractivity contribution in [2.24, 2.45) is 0 Å². The summed E-state index contributed by atoms with van der Waals surface area (Å²) in [5.41, 5.74) is 0.748. The van der Waals surface area contributed by atoms with E-state index in [0.29, 0.717) is 5.75 Å². The molecule has 1 saturated heterocycles. The average Bonchev–Trinajstić information content (AvgIpc) is 2.65. The number of amides is 2. The molecule has 2 amide bonds. The highest BCUT2D eigenvalue weighted by Gasteiger charge is 2.36. The molecule has 0 atom stereocenters. The van der Waals surface area contributed by atoms with Gasteiger partial charge >= 0.3 is 5.91 Å². The van der Waals surface area contributed by atoms with Crippen LogP contribution < -0.4 is 4.74 Å². The molecule has 1 fully saturated rings. The van der Waals surface area contributed by atoms with Crippen molar-refractivity contribution in [3.63, 3.8) is 0 Å². The smallest absolute Gasteiger partial charge is 0.303 e. The van der Waals surface area contributed by atoms with E-state index in [9.17, 15) is 9.59 Å². The van der Waals surface area contributed by atoms with Gasteiger partial charge in [-0.15, -0.1) is 0 Å². The van der Waals surface area contributed by atoms with Crippen LogP contribution in [0, 0.1) is 0 Å². The van der Waals surface area contributed by atoms with Gasteiger partial charge in [0.1, 0.15) is 5.75 Å². The van der Waals surface area contributed by atoms with Crippen LogP contribution >= 0.6 is 12.2 Å². The molecule has 2 rings (SSSR count). The molecule has 98 valence electrons. The largest absolute Gasteiger partial charge is 0.497 e. The van der Waals surface area contributed by atoms with Gasteiger partial charge in [0.25, 0.3) is 5.17 Å². The van der Waals surface area contributed by atoms with Crippen molar-refractivity contribution < 1.29 is 19.1 Å². The summed E-state index contributed by atoms with van der Waals surface area (Å²) < 4.78 is 10.2. The average molecular weight is 277 g/mol. The Morgan fingerprint density at radius 1 is 1.37 bits per heavy atom. The minimum Gasteiger partial charge on any atom is -0.497 e. The monoisotopic (exact) mass is 277 g/mol. The number of imide groups is 1. The lowest BCUT2D eigenvalue weighted by Crippen LogP contribution is -2.32. The van der Waals surface area contributed by atoms with Crippen LogP contribution in [0.1, 0.15) is 12.5 Å². The third-order valence-corrected chi connectivity index (χ3v) is 2.79. The van der Waals surface area contributed by atoms with Crippen LogP contribution in [0.4, 0.5) is 0 Å². The molecule has 19 heavy (non-hydrogen) atoms. The van der Waals surface area contributed by atoms with Gasteiger partial charge in [-0.2, -0.15) is 0 Å². The maximum Gasteiger partial charge on any atom is 0.303 e. The zero-order chi connectivity index (χ0) is 14.0. The Kier molecular flexibility index (Phi) is 3.62. The molecule has 1 aromatic carbocycles.